The largest absolute Gasteiger partial charge is 0.416 e. The Morgan fingerprint density at radius 2 is 1.78 bits per heavy atom. The second-order valence-electron chi connectivity index (χ2n) is 9.56. The minimum atomic E-state index is -4.61. The van der Waals surface area contributed by atoms with E-state index in [1.54, 1.807) is 30.4 Å². The first-order valence-electron chi connectivity index (χ1n) is 12.5. The van der Waals surface area contributed by atoms with Crippen molar-refractivity contribution in [3.05, 3.63) is 71.6 Å². The molecule has 4 N–H and O–H groups in total. The number of hydrogen-bond donors (Lipinski definition) is 4. The van der Waals surface area contributed by atoms with E-state index in [1.807, 2.05) is 11.0 Å². The number of aliphatic hydroxyl groups is 3. The molecule has 1 atom stereocenters. The predicted molar refractivity (Wildman–Crippen MR) is 139 cm³/mol. The molecular weight excluding hydrogens is 547 g/mol. The predicted octanol–water partition coefficient (Wildman–Crippen LogP) is 2.09. The summed E-state index contributed by atoms with van der Waals surface area (Å²) in [6, 6.07) is 4.63. The average molecular weight is 574 g/mol. The highest BCUT2D eigenvalue weighted by Gasteiger charge is 2.33. The van der Waals surface area contributed by atoms with Crippen LogP contribution in [0, 0.1) is 6.92 Å². The van der Waals surface area contributed by atoms with Crippen LogP contribution >= 0.6 is 0 Å². The molecule has 1 amide bonds. The smallest absolute Gasteiger partial charge is 0.368 e. The zero-order valence-electron chi connectivity index (χ0n) is 21.7. The maximum Gasteiger partial charge on any atom is 0.416 e. The summed E-state index contributed by atoms with van der Waals surface area (Å²) in [5.41, 5.74) is 1.62. The standard InChI is InChI=1S/C25H26F3N9O4/c1-15-22(10-18(12-31-15)32-23(38)20-9-17(2-3-30-20)24(26,27)28)37-14-21(33-34-37)16-8-19(13-29-11-16)35-4-6-36(7-5-35)25(39,40)41/h2-3,8-13,21,39-41H,4-7,14H2,1H3,(H,32,38). The Kier molecular flexibility index (Phi) is 7.56. The first kappa shape index (κ1) is 28.3. The van der Waals surface area contributed by atoms with E-state index in [2.05, 4.69) is 30.6 Å². The molecule has 0 spiro atoms. The molecule has 3 aromatic rings. The van der Waals surface area contributed by atoms with Crippen molar-refractivity contribution < 1.29 is 33.3 Å². The Labute approximate surface area is 231 Å². The fraction of sp³-hybridized carbons (Fsp3) is 0.360. The number of aryl methyl sites for hydroxylation is 1. The number of alkyl halides is 3. The molecule has 3 aromatic heterocycles. The van der Waals surface area contributed by atoms with Gasteiger partial charge in [-0.25, -0.2) is 9.91 Å². The van der Waals surface area contributed by atoms with Crippen LogP contribution in [0.3, 0.4) is 0 Å². The summed E-state index contributed by atoms with van der Waals surface area (Å²) >= 11 is 0. The van der Waals surface area contributed by atoms with E-state index in [-0.39, 0.29) is 30.5 Å². The highest BCUT2D eigenvalue weighted by Crippen LogP contribution is 2.33. The van der Waals surface area contributed by atoms with Crippen LogP contribution in [-0.2, 0) is 6.18 Å². The molecule has 1 fully saturated rings. The number of rotatable bonds is 6. The lowest BCUT2D eigenvalue weighted by molar-refractivity contribution is -0.393. The fourth-order valence-corrected chi connectivity index (χ4v) is 4.52. The molecule has 5 heterocycles. The first-order valence-corrected chi connectivity index (χ1v) is 12.5. The Balaban J connectivity index is 1.26. The molecule has 1 unspecified atom stereocenters. The Morgan fingerprint density at radius 1 is 1.02 bits per heavy atom. The zero-order chi connectivity index (χ0) is 29.4. The Morgan fingerprint density at radius 3 is 2.49 bits per heavy atom. The van der Waals surface area contributed by atoms with E-state index in [4.69, 9.17) is 0 Å². The lowest BCUT2D eigenvalue weighted by atomic mass is 10.1. The van der Waals surface area contributed by atoms with Crippen LogP contribution in [-0.4, -0.2) is 79.9 Å². The van der Waals surface area contributed by atoms with E-state index in [0.717, 1.165) is 28.4 Å². The molecule has 2 aliphatic heterocycles. The number of aromatic nitrogens is 3. The van der Waals surface area contributed by atoms with E-state index in [0.29, 0.717) is 37.1 Å². The van der Waals surface area contributed by atoms with Gasteiger partial charge in [0, 0.05) is 44.1 Å². The van der Waals surface area contributed by atoms with Gasteiger partial charge in [-0.15, -0.1) is 0 Å². The third-order valence-electron chi connectivity index (χ3n) is 6.76. The Hall–Kier alpha value is -4.25. The second kappa shape index (κ2) is 11.0. The molecule has 0 saturated carbocycles. The van der Waals surface area contributed by atoms with E-state index < -0.39 is 23.7 Å². The van der Waals surface area contributed by atoms with Gasteiger partial charge in [0.25, 0.3) is 5.91 Å². The highest BCUT2D eigenvalue weighted by atomic mass is 19.4. The quantitative estimate of drug-likeness (QED) is 0.321. The van der Waals surface area contributed by atoms with Crippen LogP contribution in [0.5, 0.6) is 0 Å². The molecule has 0 aliphatic carbocycles. The molecule has 0 aromatic carbocycles. The lowest BCUT2D eigenvalue weighted by Gasteiger charge is -2.39. The van der Waals surface area contributed by atoms with Crippen molar-refractivity contribution in [2.45, 2.75) is 25.2 Å². The van der Waals surface area contributed by atoms with E-state index in [9.17, 15) is 33.3 Å². The average Bonchev–Trinajstić information content (AvgIpc) is 3.44. The first-order chi connectivity index (χ1) is 19.4. The van der Waals surface area contributed by atoms with Crippen LogP contribution in [0.15, 0.2) is 59.4 Å². The molecule has 216 valence electrons. The van der Waals surface area contributed by atoms with Gasteiger partial charge in [0.1, 0.15) is 11.7 Å². The van der Waals surface area contributed by atoms with Crippen molar-refractivity contribution in [2.24, 2.45) is 10.3 Å². The molecule has 5 rings (SSSR count). The SMILES string of the molecule is Cc1ncc(NC(=O)c2cc(C(F)(F)F)ccn2)cc1N1CC(c2cncc(N3CCN(C(O)(O)O)CC3)c2)N=N1. The number of carbonyl (C=O) groups is 1. The van der Waals surface area contributed by atoms with Crippen LogP contribution in [0.2, 0.25) is 0 Å². The summed E-state index contributed by atoms with van der Waals surface area (Å²) < 4.78 is 39.1. The highest BCUT2D eigenvalue weighted by molar-refractivity contribution is 6.03. The number of amides is 1. The van der Waals surface area contributed by atoms with Gasteiger partial charge in [0.2, 0.25) is 0 Å². The third kappa shape index (κ3) is 6.40. The molecule has 0 radical (unpaired) electrons. The van der Waals surface area contributed by atoms with Gasteiger partial charge in [-0.1, -0.05) is 5.22 Å². The third-order valence-corrected chi connectivity index (χ3v) is 6.76. The second-order valence-corrected chi connectivity index (χ2v) is 9.56. The van der Waals surface area contributed by atoms with Gasteiger partial charge >= 0.3 is 12.3 Å². The normalized spacial score (nSPS) is 18.2. The monoisotopic (exact) mass is 573 g/mol. The molecular formula is C25H26F3N9O4. The number of anilines is 3. The van der Waals surface area contributed by atoms with Crippen LogP contribution in [0.25, 0.3) is 0 Å². The van der Waals surface area contributed by atoms with Crippen molar-refractivity contribution in [1.29, 1.82) is 0 Å². The van der Waals surface area contributed by atoms with Crippen LogP contribution in [0.4, 0.5) is 30.2 Å². The minimum Gasteiger partial charge on any atom is -0.368 e. The van der Waals surface area contributed by atoms with Crippen molar-refractivity contribution in [3.63, 3.8) is 0 Å². The molecule has 0 bridgehead atoms. The number of carbonyl (C=O) groups excluding carboxylic acids is 1. The van der Waals surface area contributed by atoms with Crippen LogP contribution < -0.4 is 15.2 Å². The summed E-state index contributed by atoms with van der Waals surface area (Å²) in [4.78, 5) is 28.1. The topological polar surface area (TPSA) is 163 Å². The van der Waals surface area contributed by atoms with Gasteiger partial charge in [0.15, 0.2) is 0 Å². The summed E-state index contributed by atoms with van der Waals surface area (Å²) in [6.45, 7) is 3.43. The number of nitrogens with zero attached hydrogens (tertiary/aromatic N) is 8. The molecule has 1 saturated heterocycles. The summed E-state index contributed by atoms with van der Waals surface area (Å²) in [5, 5.41) is 40.9. The van der Waals surface area contributed by atoms with E-state index >= 15 is 0 Å². The van der Waals surface area contributed by atoms with E-state index in [1.165, 1.54) is 6.20 Å². The zero-order valence-corrected chi connectivity index (χ0v) is 21.7. The number of nitrogens with one attached hydrogen (secondary N) is 1. The molecule has 16 heteroatoms. The number of piperazine rings is 1. The number of halogens is 3. The number of hydrogen-bond acceptors (Lipinski definition) is 12. The number of pyridine rings is 3. The van der Waals surface area contributed by atoms with Gasteiger partial charge in [-0.2, -0.15) is 18.3 Å². The fourth-order valence-electron chi connectivity index (χ4n) is 4.52. The summed E-state index contributed by atoms with van der Waals surface area (Å²) in [7, 11) is 0. The molecule has 13 nitrogen and oxygen atoms in total. The summed E-state index contributed by atoms with van der Waals surface area (Å²) in [5.74, 6) is -0.819. The minimum absolute atomic E-state index is 0.230. The maximum atomic E-state index is 13.0. The molecule has 2 aliphatic rings. The summed E-state index contributed by atoms with van der Waals surface area (Å²) in [6.07, 6.45) is -1.79. The van der Waals surface area contributed by atoms with Crippen molar-refractivity contribution in [3.8, 4) is 0 Å². The Bertz CT molecular complexity index is 1460. The van der Waals surface area contributed by atoms with Gasteiger partial charge in [-0.3, -0.25) is 19.7 Å². The van der Waals surface area contributed by atoms with Gasteiger partial charge in [-0.05, 0) is 31.2 Å². The van der Waals surface area contributed by atoms with Gasteiger partial charge in [0.05, 0.1) is 47.3 Å². The van der Waals surface area contributed by atoms with Crippen LogP contribution in [0.1, 0.15) is 33.4 Å². The maximum absolute atomic E-state index is 13.0. The molecule has 41 heavy (non-hydrogen) atoms. The van der Waals surface area contributed by atoms with Crippen molar-refractivity contribution in [2.75, 3.05) is 47.9 Å². The van der Waals surface area contributed by atoms with Crippen molar-refractivity contribution in [1.82, 2.24) is 19.9 Å². The van der Waals surface area contributed by atoms with Crippen molar-refractivity contribution >= 4 is 23.0 Å². The van der Waals surface area contributed by atoms with Gasteiger partial charge < -0.3 is 25.5 Å². The lowest BCUT2D eigenvalue weighted by Crippen LogP contribution is -2.57.